The van der Waals surface area contributed by atoms with Gasteiger partial charge in [0.1, 0.15) is 11.4 Å². The molecule has 6 aliphatic carbocycles. The summed E-state index contributed by atoms with van der Waals surface area (Å²) in [6.07, 6.45) is 21.7. The van der Waals surface area contributed by atoms with Crippen molar-refractivity contribution in [3.8, 4) is 5.75 Å². The lowest BCUT2D eigenvalue weighted by molar-refractivity contribution is -0.130. The van der Waals surface area contributed by atoms with Crippen molar-refractivity contribution in [2.75, 3.05) is 72.8 Å². The lowest BCUT2D eigenvalue weighted by Gasteiger charge is -2.21. The highest BCUT2D eigenvalue weighted by Gasteiger charge is 2.53. The number of hydrogen-bond acceptors (Lipinski definition) is 6. The Bertz CT molecular complexity index is 2010. The van der Waals surface area contributed by atoms with E-state index in [4.69, 9.17) is 36.0 Å². The van der Waals surface area contributed by atoms with Gasteiger partial charge >= 0.3 is 6.18 Å². The van der Waals surface area contributed by atoms with Gasteiger partial charge in [0.15, 0.2) is 0 Å². The van der Waals surface area contributed by atoms with E-state index in [1.54, 1.807) is 21.0 Å². The number of aryl methyl sites for hydroxylation is 4. The van der Waals surface area contributed by atoms with E-state index in [1.165, 1.54) is 138 Å². The number of ether oxygens (including phenoxy) is 3. The van der Waals surface area contributed by atoms with Gasteiger partial charge in [-0.3, -0.25) is 0 Å². The monoisotopic (exact) mass is 1520 g/mol. The lowest BCUT2D eigenvalue weighted by Crippen LogP contribution is -2.32. The number of rotatable bonds is 5. The standard InChI is InChI=1S/C8H10O.C8H10.C7H14.C7H8.C6H12O.C6H12.C5H11NO.C5H10.C5H12.C4H9ClO.C4H6F2.C4H7F.C4H8.2C4H10.C3H5F3.C3H8O.C2H4F2/c1-7-3-5-8(9-2)6-4-7;1-7-3-5-8(2)6-4-7;2*1-7-5-3-2-4-6-7;1-6-2-4-7-5-3-6;1-6-4-2-3-5-6;1-6-2-4-7-5-3-6;1-5-3-2-4-5;1-5(2,3)4;1-4(2-5)3-6;1-3-2-4(3,5)6;1-4(5)2-3-4;1-4-2-3-4;1-4(2)3;1-3-4-2;1-2-3(4,5)6;1-2-3-4;1-2(3)4/h3-6H,1-2H3;3-6H,1-2H3;7H,2-6H2,1H3;2-6H,1H3;6H,2-5H2,1H3;6H,2-5H2,1H3;2-5H2,1H3;5H,2-4H2,1H3;1-4H3;4,6H,2-3H2,1H3;3H,2H2,1H3;2-3H2,1H3;4H,2-3H2,1H3;4H,1-3H3;3-4H2,1-2H3;2H2,1H3;4H,2-3H2,1H3;2H,1H3/t;;;;;;;;;;3-;;;;;;;/m..........0......./s1. The van der Waals surface area contributed by atoms with Crippen molar-refractivity contribution < 1.29 is 59.5 Å². The summed E-state index contributed by atoms with van der Waals surface area (Å²) in [6.45, 7) is 55.0. The highest BCUT2D eigenvalue weighted by atomic mass is 35.5. The van der Waals surface area contributed by atoms with Gasteiger partial charge in [-0.15, -0.1) is 11.6 Å². The van der Waals surface area contributed by atoms with E-state index in [0.29, 0.717) is 17.9 Å². The van der Waals surface area contributed by atoms with E-state index in [2.05, 4.69) is 173 Å². The first kappa shape index (κ1) is 114. The summed E-state index contributed by atoms with van der Waals surface area (Å²) in [5.74, 6) is 5.07. The number of halogens is 9. The molecule has 8 aliphatic rings. The molecule has 0 aromatic heterocycles. The van der Waals surface area contributed by atoms with Gasteiger partial charge in [0.25, 0.3) is 5.92 Å². The molecule has 0 amide bonds. The third-order valence-electron chi connectivity index (χ3n) is 15.7. The molecule has 6 saturated carbocycles. The first-order valence-corrected chi connectivity index (χ1v) is 40.6. The van der Waals surface area contributed by atoms with Crippen LogP contribution in [0.25, 0.3) is 0 Å². The van der Waals surface area contributed by atoms with E-state index in [1.807, 2.05) is 56.3 Å². The molecular formula is C89H166ClF8NO5. The summed E-state index contributed by atoms with van der Waals surface area (Å²) in [5, 5.41) is 16.1. The molecule has 1 unspecified atom stereocenters. The van der Waals surface area contributed by atoms with Gasteiger partial charge in [-0.05, 0) is 140 Å². The molecule has 2 aliphatic heterocycles. The Hall–Kier alpha value is -3.01. The Labute approximate surface area is 643 Å². The van der Waals surface area contributed by atoms with Crippen LogP contribution < -0.4 is 4.74 Å². The van der Waals surface area contributed by atoms with Crippen LogP contribution in [0.15, 0.2) is 78.9 Å². The first-order chi connectivity index (χ1) is 48.4. The van der Waals surface area contributed by atoms with Gasteiger partial charge in [0.2, 0.25) is 6.43 Å². The zero-order valence-corrected chi connectivity index (χ0v) is 72.6. The third-order valence-corrected chi connectivity index (χ3v) is 16.3. The summed E-state index contributed by atoms with van der Waals surface area (Å²) in [5.41, 5.74) is 4.99. The Morgan fingerprint density at radius 1 is 0.529 bits per heavy atom. The van der Waals surface area contributed by atoms with Crippen molar-refractivity contribution in [2.45, 2.75) is 338 Å². The summed E-state index contributed by atoms with van der Waals surface area (Å²) in [7, 11) is 3.78. The second-order valence-corrected chi connectivity index (χ2v) is 32.4. The summed E-state index contributed by atoms with van der Waals surface area (Å²) in [4.78, 5) is 2.27. The van der Waals surface area contributed by atoms with Crippen LogP contribution in [0.1, 0.15) is 308 Å². The number of aliphatic hydroxyl groups excluding tert-OH is 2. The number of hydrogen-bond donors (Lipinski definition) is 2. The van der Waals surface area contributed by atoms with Crippen LogP contribution in [-0.4, -0.2) is 112 Å². The van der Waals surface area contributed by atoms with Crippen LogP contribution in [0.3, 0.4) is 0 Å². The summed E-state index contributed by atoms with van der Waals surface area (Å²) in [6, 6.07) is 26.7. The number of nitrogens with zero attached hydrogens (tertiary/aromatic N) is 1. The van der Waals surface area contributed by atoms with Crippen LogP contribution in [0.5, 0.6) is 5.75 Å². The molecular weight excluding hydrogens is 1350 g/mol. The quantitative estimate of drug-likeness (QED) is 0.196. The van der Waals surface area contributed by atoms with Crippen molar-refractivity contribution >= 4 is 11.6 Å². The molecule has 8 fully saturated rings. The van der Waals surface area contributed by atoms with Crippen LogP contribution in [-0.2, 0) is 9.47 Å². The van der Waals surface area contributed by atoms with E-state index >= 15 is 0 Å². The fourth-order valence-electron chi connectivity index (χ4n) is 7.10. The molecule has 620 valence electrons. The molecule has 0 spiro atoms. The van der Waals surface area contributed by atoms with E-state index < -0.39 is 30.6 Å². The topological polar surface area (TPSA) is 71.4 Å². The zero-order valence-electron chi connectivity index (χ0n) is 71.8. The molecule has 0 bridgehead atoms. The highest BCUT2D eigenvalue weighted by molar-refractivity contribution is 6.18. The smallest absolute Gasteiger partial charge is 0.388 e. The number of likely N-dealkylation sites (N-methyl/N-ethyl adjacent to an activating group) is 1. The molecule has 3 aromatic rings. The highest BCUT2D eigenvalue weighted by Crippen LogP contribution is 2.47. The summed E-state index contributed by atoms with van der Waals surface area (Å²) >= 11 is 5.29. The average molecular weight is 1520 g/mol. The third kappa shape index (κ3) is 117. The number of morpholine rings is 1. The Morgan fingerprint density at radius 2 is 0.798 bits per heavy atom. The van der Waals surface area contributed by atoms with Crippen LogP contribution in [0.2, 0.25) is 0 Å². The average Bonchev–Trinajstić information content (AvgIpc) is 1.67. The van der Waals surface area contributed by atoms with Gasteiger partial charge in [0, 0.05) is 64.2 Å². The van der Waals surface area contributed by atoms with Gasteiger partial charge in [-0.2, -0.15) is 13.2 Å². The number of aliphatic hydroxyl groups is 2. The minimum absolute atomic E-state index is 0.104. The van der Waals surface area contributed by atoms with E-state index in [0.717, 1.165) is 114 Å². The largest absolute Gasteiger partial charge is 0.497 e. The minimum Gasteiger partial charge on any atom is -0.497 e. The zero-order chi connectivity index (χ0) is 81.6. The van der Waals surface area contributed by atoms with Crippen molar-refractivity contribution in [3.63, 3.8) is 0 Å². The molecule has 11 rings (SSSR count). The van der Waals surface area contributed by atoms with E-state index in [-0.39, 0.29) is 24.9 Å². The number of unbranched alkanes of at least 4 members (excludes halogenated alkanes) is 1. The maximum absolute atomic E-state index is 11.8. The predicted molar refractivity (Wildman–Crippen MR) is 440 cm³/mol. The molecule has 2 N–H and O–H groups in total. The summed E-state index contributed by atoms with van der Waals surface area (Å²) < 4.78 is 103. The van der Waals surface area contributed by atoms with Crippen molar-refractivity contribution in [1.82, 2.24) is 4.90 Å². The van der Waals surface area contributed by atoms with Crippen LogP contribution in [0.4, 0.5) is 35.1 Å². The fraction of sp³-hybridized carbons (Fsp3) is 0.798. The first-order valence-electron chi connectivity index (χ1n) is 40.1. The van der Waals surface area contributed by atoms with Gasteiger partial charge < -0.3 is 29.3 Å². The molecule has 6 nitrogen and oxygen atoms in total. The molecule has 0 radical (unpaired) electrons. The fourth-order valence-corrected chi connectivity index (χ4v) is 7.20. The minimum atomic E-state index is -3.96. The number of benzene rings is 3. The van der Waals surface area contributed by atoms with Crippen LogP contribution in [0, 0.1) is 80.5 Å². The van der Waals surface area contributed by atoms with Gasteiger partial charge in [-0.25, -0.2) is 22.0 Å². The van der Waals surface area contributed by atoms with Gasteiger partial charge in [0.05, 0.1) is 20.3 Å². The van der Waals surface area contributed by atoms with Gasteiger partial charge in [-0.1, -0.05) is 316 Å². The predicted octanol–water partition coefficient (Wildman–Crippen LogP) is 28.9. The Balaban J connectivity index is -0.000000193. The molecule has 104 heavy (non-hydrogen) atoms. The maximum atomic E-state index is 11.8. The van der Waals surface area contributed by atoms with Crippen molar-refractivity contribution in [1.29, 1.82) is 0 Å². The normalized spacial score (nSPS) is 18.0. The van der Waals surface area contributed by atoms with E-state index in [9.17, 15) is 35.1 Å². The van der Waals surface area contributed by atoms with Crippen molar-refractivity contribution in [2.24, 2.45) is 52.8 Å². The molecule has 3 aromatic carbocycles. The number of methoxy groups -OCH3 is 1. The lowest BCUT2D eigenvalue weighted by atomic mass is 9.88. The number of alkyl halides is 9. The second-order valence-electron chi connectivity index (χ2n) is 32.1. The molecule has 15 heteroatoms. The maximum Gasteiger partial charge on any atom is 0.388 e. The van der Waals surface area contributed by atoms with Crippen molar-refractivity contribution in [3.05, 3.63) is 101 Å². The Morgan fingerprint density at radius 3 is 0.923 bits per heavy atom. The van der Waals surface area contributed by atoms with Crippen LogP contribution >= 0.6 is 11.6 Å². The second kappa shape index (κ2) is 75.4. The molecule has 2 heterocycles. The SMILES string of the molecule is CC(C)(C)C.CC(C)C.CC(CO)CCl.CC(F)F.CC1(F)CC1.CC1CC1.CC1CCC1.CC1CCCC1.CC1CCCCC1.CC1CCOCC1.CCC(F)(F)F.CCCC.CCCO.CN1CCOCC1.COc1ccc(C)cc1.C[C@H]1CC1(F)F.Cc1ccc(C)cc1.Cc1ccccc1. The molecule has 2 saturated heterocycles. The Kier molecular flexibility index (Phi) is 82.9. The molecule has 2 atom stereocenters.